The average molecular weight is 438 g/mol. The first-order chi connectivity index (χ1) is 12.4. The van der Waals surface area contributed by atoms with Crippen molar-refractivity contribution in [3.63, 3.8) is 0 Å². The molecule has 1 aromatic carbocycles. The average Bonchev–Trinajstić information content (AvgIpc) is 2.64. The zero-order chi connectivity index (χ0) is 18.7. The number of aromatic nitrogens is 1. The Balaban J connectivity index is 1.83. The van der Waals surface area contributed by atoms with E-state index >= 15 is 0 Å². The Morgan fingerprint density at radius 3 is 2.58 bits per heavy atom. The van der Waals surface area contributed by atoms with Crippen LogP contribution in [0.2, 0.25) is 0 Å². The van der Waals surface area contributed by atoms with Crippen molar-refractivity contribution in [2.45, 2.75) is 37.1 Å². The summed E-state index contributed by atoms with van der Waals surface area (Å²) in [4.78, 5) is 17.1. The first kappa shape index (κ1) is 19.0. The maximum Gasteiger partial charge on any atom is 0.243 e. The summed E-state index contributed by atoms with van der Waals surface area (Å²) in [5.41, 5.74) is 0.986. The number of carbonyl (C=O) groups excluding carboxylic acids is 1. The number of aryl methyl sites for hydroxylation is 1. The molecule has 2 heterocycles. The standard InChI is InChI=1S/C18H20BrN3O3S/c1-13-5-10-17(20-12-13)21-18(23)16-4-2-3-11-22(16)26(24,25)15-8-6-14(19)7-9-15/h5-10,12,16H,2-4,11H2,1H3,(H,20,21,23). The summed E-state index contributed by atoms with van der Waals surface area (Å²) < 4.78 is 28.2. The molecule has 3 rings (SSSR count). The Morgan fingerprint density at radius 2 is 1.92 bits per heavy atom. The normalized spacial score (nSPS) is 18.5. The Kier molecular flexibility index (Phi) is 5.74. The number of anilines is 1. The molecule has 6 nitrogen and oxygen atoms in total. The molecule has 1 atom stereocenters. The predicted molar refractivity (Wildman–Crippen MR) is 103 cm³/mol. The fourth-order valence-electron chi connectivity index (χ4n) is 2.95. The van der Waals surface area contributed by atoms with E-state index in [9.17, 15) is 13.2 Å². The number of benzene rings is 1. The molecule has 1 N–H and O–H groups in total. The van der Waals surface area contributed by atoms with E-state index in [4.69, 9.17) is 0 Å². The molecular weight excluding hydrogens is 418 g/mol. The van der Waals surface area contributed by atoms with Crippen LogP contribution in [0.25, 0.3) is 0 Å². The van der Waals surface area contributed by atoms with Gasteiger partial charge in [0.1, 0.15) is 11.9 Å². The number of sulfonamides is 1. The highest BCUT2D eigenvalue weighted by Gasteiger charge is 2.37. The lowest BCUT2D eigenvalue weighted by Crippen LogP contribution is -2.49. The van der Waals surface area contributed by atoms with Crippen LogP contribution in [-0.2, 0) is 14.8 Å². The maximum atomic E-state index is 13.0. The highest BCUT2D eigenvalue weighted by Crippen LogP contribution is 2.27. The summed E-state index contributed by atoms with van der Waals surface area (Å²) in [6, 6.07) is 9.28. The van der Waals surface area contributed by atoms with Crippen LogP contribution >= 0.6 is 15.9 Å². The van der Waals surface area contributed by atoms with Crippen molar-refractivity contribution in [2.24, 2.45) is 0 Å². The van der Waals surface area contributed by atoms with Gasteiger partial charge in [0.2, 0.25) is 15.9 Å². The molecular formula is C18H20BrN3O3S. The molecule has 2 aromatic rings. The van der Waals surface area contributed by atoms with E-state index in [2.05, 4.69) is 26.2 Å². The van der Waals surface area contributed by atoms with E-state index in [1.54, 1.807) is 36.5 Å². The van der Waals surface area contributed by atoms with Gasteiger partial charge in [-0.2, -0.15) is 4.31 Å². The van der Waals surface area contributed by atoms with E-state index in [-0.39, 0.29) is 10.8 Å². The van der Waals surface area contributed by atoms with Crippen LogP contribution in [0.15, 0.2) is 52.0 Å². The first-order valence-corrected chi connectivity index (χ1v) is 10.6. The summed E-state index contributed by atoms with van der Waals surface area (Å²) in [7, 11) is -3.74. The molecule has 1 aliphatic heterocycles. The number of hydrogen-bond donors (Lipinski definition) is 1. The molecule has 1 saturated heterocycles. The monoisotopic (exact) mass is 437 g/mol. The number of carbonyl (C=O) groups is 1. The Labute approximate surface area is 161 Å². The van der Waals surface area contributed by atoms with E-state index < -0.39 is 16.1 Å². The molecule has 0 aliphatic carbocycles. The van der Waals surface area contributed by atoms with Gasteiger partial charge >= 0.3 is 0 Å². The zero-order valence-corrected chi connectivity index (χ0v) is 16.8. The van der Waals surface area contributed by atoms with Gasteiger partial charge in [0.15, 0.2) is 0 Å². The summed E-state index contributed by atoms with van der Waals surface area (Å²) >= 11 is 3.31. The van der Waals surface area contributed by atoms with Gasteiger partial charge in [0.25, 0.3) is 0 Å². The minimum atomic E-state index is -3.74. The molecule has 0 radical (unpaired) electrons. The van der Waals surface area contributed by atoms with Crippen molar-refractivity contribution in [1.29, 1.82) is 0 Å². The lowest BCUT2D eigenvalue weighted by molar-refractivity contribution is -0.120. The second-order valence-electron chi connectivity index (χ2n) is 6.29. The molecule has 0 saturated carbocycles. The van der Waals surface area contributed by atoms with Crippen LogP contribution in [0, 0.1) is 6.92 Å². The summed E-state index contributed by atoms with van der Waals surface area (Å²) in [6.45, 7) is 2.24. The fourth-order valence-corrected chi connectivity index (χ4v) is 4.87. The van der Waals surface area contributed by atoms with Crippen molar-refractivity contribution in [1.82, 2.24) is 9.29 Å². The van der Waals surface area contributed by atoms with Crippen LogP contribution in [-0.4, -0.2) is 36.2 Å². The zero-order valence-electron chi connectivity index (χ0n) is 14.4. The second-order valence-corrected chi connectivity index (χ2v) is 9.10. The number of pyridine rings is 1. The van der Waals surface area contributed by atoms with Gasteiger partial charge < -0.3 is 5.32 Å². The molecule has 26 heavy (non-hydrogen) atoms. The van der Waals surface area contributed by atoms with Crippen molar-refractivity contribution < 1.29 is 13.2 Å². The smallest absolute Gasteiger partial charge is 0.243 e. The largest absolute Gasteiger partial charge is 0.309 e. The number of nitrogens with zero attached hydrogens (tertiary/aromatic N) is 2. The lowest BCUT2D eigenvalue weighted by Gasteiger charge is -2.33. The number of hydrogen-bond acceptors (Lipinski definition) is 4. The van der Waals surface area contributed by atoms with E-state index in [1.807, 2.05) is 13.0 Å². The van der Waals surface area contributed by atoms with Gasteiger partial charge in [-0.3, -0.25) is 4.79 Å². The Bertz CT molecular complexity index is 883. The molecule has 0 spiro atoms. The number of halogens is 1. The van der Waals surface area contributed by atoms with Crippen LogP contribution in [0.3, 0.4) is 0 Å². The van der Waals surface area contributed by atoms with Gasteiger partial charge in [0, 0.05) is 17.2 Å². The number of piperidine rings is 1. The molecule has 0 bridgehead atoms. The topological polar surface area (TPSA) is 79.4 Å². The molecule has 8 heteroatoms. The molecule has 138 valence electrons. The number of nitrogens with one attached hydrogen (secondary N) is 1. The van der Waals surface area contributed by atoms with Gasteiger partial charge in [-0.05, 0) is 55.7 Å². The maximum absolute atomic E-state index is 13.0. The Morgan fingerprint density at radius 1 is 1.19 bits per heavy atom. The molecule has 1 aromatic heterocycles. The molecule has 1 aliphatic rings. The summed E-state index contributed by atoms with van der Waals surface area (Å²) in [5.74, 6) is 0.0777. The third kappa shape index (κ3) is 4.13. The van der Waals surface area contributed by atoms with Crippen molar-refractivity contribution in [2.75, 3.05) is 11.9 Å². The van der Waals surface area contributed by atoms with Crippen molar-refractivity contribution >= 4 is 37.7 Å². The van der Waals surface area contributed by atoms with E-state index in [0.29, 0.717) is 18.8 Å². The van der Waals surface area contributed by atoms with E-state index in [1.165, 1.54) is 4.31 Å². The van der Waals surface area contributed by atoms with Gasteiger partial charge in [-0.15, -0.1) is 0 Å². The third-order valence-electron chi connectivity index (χ3n) is 4.34. The minimum absolute atomic E-state index is 0.189. The fraction of sp³-hybridized carbons (Fsp3) is 0.333. The number of amides is 1. The first-order valence-electron chi connectivity index (χ1n) is 8.39. The van der Waals surface area contributed by atoms with E-state index in [0.717, 1.165) is 22.9 Å². The molecule has 1 fully saturated rings. The van der Waals surface area contributed by atoms with Crippen LogP contribution in [0.1, 0.15) is 24.8 Å². The SMILES string of the molecule is Cc1ccc(NC(=O)C2CCCCN2S(=O)(=O)c2ccc(Br)cc2)nc1. The quantitative estimate of drug-likeness (QED) is 0.794. The molecule has 1 unspecified atom stereocenters. The van der Waals surface area contributed by atoms with Crippen LogP contribution in [0.4, 0.5) is 5.82 Å². The van der Waals surface area contributed by atoms with Gasteiger partial charge in [-0.25, -0.2) is 13.4 Å². The lowest BCUT2D eigenvalue weighted by atomic mass is 10.0. The van der Waals surface area contributed by atoms with Crippen LogP contribution < -0.4 is 5.32 Å². The predicted octanol–water partition coefficient (Wildman–Crippen LogP) is 3.33. The van der Waals surface area contributed by atoms with Gasteiger partial charge in [0.05, 0.1) is 4.90 Å². The summed E-state index contributed by atoms with van der Waals surface area (Å²) in [6.07, 6.45) is 3.70. The second kappa shape index (κ2) is 7.85. The summed E-state index contributed by atoms with van der Waals surface area (Å²) in [5, 5.41) is 2.74. The molecule has 1 amide bonds. The highest BCUT2D eigenvalue weighted by atomic mass is 79.9. The number of rotatable bonds is 4. The van der Waals surface area contributed by atoms with Crippen LogP contribution in [0.5, 0.6) is 0 Å². The Hall–Kier alpha value is -1.77. The van der Waals surface area contributed by atoms with Crippen molar-refractivity contribution in [3.8, 4) is 0 Å². The highest BCUT2D eigenvalue weighted by molar-refractivity contribution is 9.10. The minimum Gasteiger partial charge on any atom is -0.309 e. The van der Waals surface area contributed by atoms with Crippen molar-refractivity contribution in [3.05, 3.63) is 52.6 Å². The third-order valence-corrected chi connectivity index (χ3v) is 6.79. The van der Waals surface area contributed by atoms with Gasteiger partial charge in [-0.1, -0.05) is 28.4 Å².